The van der Waals surface area contributed by atoms with Crippen molar-refractivity contribution in [3.05, 3.63) is 30.3 Å². The molecule has 3 rings (SSSR count). The molecule has 0 aromatic heterocycles. The van der Waals surface area contributed by atoms with E-state index in [2.05, 4.69) is 5.10 Å². The number of anilines is 1. The number of benzene rings is 1. The minimum atomic E-state index is -0.772. The molecule has 0 saturated carbocycles. The third-order valence-corrected chi connectivity index (χ3v) is 4.49. The summed E-state index contributed by atoms with van der Waals surface area (Å²) in [5, 5.41) is 6.06. The maximum atomic E-state index is 12.5. The van der Waals surface area contributed by atoms with Crippen LogP contribution in [0.5, 0.6) is 0 Å². The van der Waals surface area contributed by atoms with Crippen LogP contribution in [0.25, 0.3) is 0 Å². The molecule has 1 fully saturated rings. The van der Waals surface area contributed by atoms with Gasteiger partial charge in [-0.3, -0.25) is 9.80 Å². The molecule has 0 bridgehead atoms. The molecule has 2 heterocycles. The van der Waals surface area contributed by atoms with E-state index >= 15 is 0 Å². The van der Waals surface area contributed by atoms with Crippen molar-refractivity contribution in [1.29, 1.82) is 0 Å². The van der Waals surface area contributed by atoms with Gasteiger partial charge in [-0.15, -0.1) is 0 Å². The van der Waals surface area contributed by atoms with Gasteiger partial charge in [-0.2, -0.15) is 5.10 Å². The van der Waals surface area contributed by atoms with E-state index < -0.39 is 29.8 Å². The van der Waals surface area contributed by atoms with Gasteiger partial charge in [0.1, 0.15) is 6.04 Å². The largest absolute Gasteiger partial charge is 0.461 e. The SMILES string of the molecule is CCOC(=O)C1=NN(c2ccccc2)C(C(C)=O)C1C1COC(C)(C)O1. The highest BCUT2D eigenvalue weighted by molar-refractivity contribution is 6.39. The molecule has 7 nitrogen and oxygen atoms in total. The smallest absolute Gasteiger partial charge is 0.354 e. The first-order chi connectivity index (χ1) is 12.3. The number of carbonyl (C=O) groups excluding carboxylic acids is 2. The fourth-order valence-corrected chi connectivity index (χ4v) is 3.42. The molecule has 140 valence electrons. The van der Waals surface area contributed by atoms with Gasteiger partial charge in [0, 0.05) is 0 Å². The minimum absolute atomic E-state index is 0.102. The van der Waals surface area contributed by atoms with Gasteiger partial charge in [0.25, 0.3) is 0 Å². The summed E-state index contributed by atoms with van der Waals surface area (Å²) < 4.78 is 16.8. The number of ether oxygens (including phenoxy) is 3. The van der Waals surface area contributed by atoms with Crippen LogP contribution in [0.1, 0.15) is 27.7 Å². The fraction of sp³-hybridized carbons (Fsp3) is 0.526. The number of ketones is 1. The Hall–Kier alpha value is -2.25. The summed E-state index contributed by atoms with van der Waals surface area (Å²) in [6, 6.07) is 8.64. The second-order valence-corrected chi connectivity index (χ2v) is 6.83. The Morgan fingerprint density at radius 2 is 2.00 bits per heavy atom. The number of carbonyl (C=O) groups is 2. The van der Waals surface area contributed by atoms with E-state index in [1.54, 1.807) is 25.8 Å². The second-order valence-electron chi connectivity index (χ2n) is 6.83. The topological polar surface area (TPSA) is 77.4 Å². The van der Waals surface area contributed by atoms with E-state index in [1.807, 2.05) is 30.3 Å². The highest BCUT2D eigenvalue weighted by Gasteiger charge is 2.52. The van der Waals surface area contributed by atoms with Crippen molar-refractivity contribution in [2.24, 2.45) is 11.0 Å². The molecule has 0 aliphatic carbocycles. The molecular weight excluding hydrogens is 336 g/mol. The number of hydrogen-bond acceptors (Lipinski definition) is 7. The maximum absolute atomic E-state index is 12.5. The Balaban J connectivity index is 2.02. The number of para-hydroxylation sites is 1. The summed E-state index contributed by atoms with van der Waals surface area (Å²) in [7, 11) is 0. The zero-order valence-electron chi connectivity index (χ0n) is 15.5. The van der Waals surface area contributed by atoms with Crippen LogP contribution < -0.4 is 5.01 Å². The van der Waals surface area contributed by atoms with Crippen molar-refractivity contribution in [3.63, 3.8) is 0 Å². The Kier molecular flexibility index (Phi) is 5.11. The van der Waals surface area contributed by atoms with Gasteiger partial charge in [-0.1, -0.05) is 18.2 Å². The zero-order valence-corrected chi connectivity index (χ0v) is 15.5. The Labute approximate surface area is 152 Å². The summed E-state index contributed by atoms with van der Waals surface area (Å²) in [4.78, 5) is 25.1. The van der Waals surface area contributed by atoms with E-state index in [0.29, 0.717) is 0 Å². The van der Waals surface area contributed by atoms with Crippen LogP contribution in [0.3, 0.4) is 0 Å². The number of esters is 1. The highest BCUT2D eigenvalue weighted by atomic mass is 16.7. The van der Waals surface area contributed by atoms with E-state index in [9.17, 15) is 9.59 Å². The lowest BCUT2D eigenvalue weighted by atomic mass is 9.87. The first-order valence-corrected chi connectivity index (χ1v) is 8.76. The first-order valence-electron chi connectivity index (χ1n) is 8.76. The Bertz CT molecular complexity index is 716. The molecule has 1 aromatic carbocycles. The molecule has 0 amide bonds. The Morgan fingerprint density at radius 1 is 1.31 bits per heavy atom. The molecule has 0 radical (unpaired) electrons. The molecule has 0 spiro atoms. The van der Waals surface area contributed by atoms with Gasteiger partial charge in [-0.25, -0.2) is 4.79 Å². The number of Topliss-reactive ketones (excluding diaryl/α,β-unsaturated/α-hetero) is 1. The van der Waals surface area contributed by atoms with Crippen molar-refractivity contribution < 1.29 is 23.8 Å². The molecule has 1 saturated heterocycles. The van der Waals surface area contributed by atoms with Gasteiger partial charge >= 0.3 is 5.97 Å². The fourth-order valence-electron chi connectivity index (χ4n) is 3.42. The standard InChI is InChI=1S/C19H24N2O5/c1-5-24-18(23)16-15(14-11-25-19(3,4)26-14)17(12(2)22)21(20-16)13-9-7-6-8-10-13/h6-10,14-15,17H,5,11H2,1-4H3. The lowest BCUT2D eigenvalue weighted by Gasteiger charge is -2.29. The monoisotopic (exact) mass is 360 g/mol. The lowest BCUT2D eigenvalue weighted by molar-refractivity contribution is -0.145. The van der Waals surface area contributed by atoms with Gasteiger partial charge in [0.05, 0.1) is 30.9 Å². The summed E-state index contributed by atoms with van der Waals surface area (Å²) in [6.45, 7) is 7.36. The molecule has 3 unspecified atom stereocenters. The van der Waals surface area contributed by atoms with Crippen molar-refractivity contribution >= 4 is 23.2 Å². The van der Waals surface area contributed by atoms with Gasteiger partial charge in [-0.05, 0) is 39.8 Å². The zero-order chi connectivity index (χ0) is 18.9. The highest BCUT2D eigenvalue weighted by Crippen LogP contribution is 2.37. The summed E-state index contributed by atoms with van der Waals surface area (Å²) in [6.07, 6.45) is -0.462. The molecule has 1 aromatic rings. The summed E-state index contributed by atoms with van der Waals surface area (Å²) >= 11 is 0. The second kappa shape index (κ2) is 7.17. The third-order valence-electron chi connectivity index (χ3n) is 4.49. The van der Waals surface area contributed by atoms with Crippen LogP contribution >= 0.6 is 0 Å². The molecule has 2 aliphatic rings. The molecule has 26 heavy (non-hydrogen) atoms. The van der Waals surface area contributed by atoms with Crippen molar-refractivity contribution in [3.8, 4) is 0 Å². The van der Waals surface area contributed by atoms with Crippen LogP contribution in [-0.2, 0) is 23.8 Å². The van der Waals surface area contributed by atoms with Crippen molar-refractivity contribution in [2.45, 2.75) is 45.6 Å². The number of hydrogen-bond donors (Lipinski definition) is 0. The van der Waals surface area contributed by atoms with Crippen molar-refractivity contribution in [2.75, 3.05) is 18.2 Å². The number of nitrogens with zero attached hydrogens (tertiary/aromatic N) is 2. The minimum Gasteiger partial charge on any atom is -0.461 e. The van der Waals surface area contributed by atoms with E-state index in [-0.39, 0.29) is 24.7 Å². The average molecular weight is 360 g/mol. The molecule has 7 heteroatoms. The molecule has 0 N–H and O–H groups in total. The first kappa shape index (κ1) is 18.5. The van der Waals surface area contributed by atoms with Gasteiger partial charge in [0.2, 0.25) is 0 Å². The van der Waals surface area contributed by atoms with Crippen molar-refractivity contribution in [1.82, 2.24) is 0 Å². The average Bonchev–Trinajstić information content (AvgIpc) is 3.16. The van der Waals surface area contributed by atoms with E-state index in [4.69, 9.17) is 14.2 Å². The summed E-state index contributed by atoms with van der Waals surface area (Å²) in [5.74, 6) is -1.97. The van der Waals surface area contributed by atoms with Crippen LogP contribution in [0.15, 0.2) is 35.4 Å². The third kappa shape index (κ3) is 3.50. The van der Waals surface area contributed by atoms with Gasteiger partial charge < -0.3 is 14.2 Å². The number of rotatable bonds is 5. The normalized spacial score (nSPS) is 27.3. The van der Waals surface area contributed by atoms with E-state index in [0.717, 1.165) is 5.69 Å². The molecule has 3 atom stereocenters. The predicted molar refractivity (Wildman–Crippen MR) is 95.9 cm³/mol. The van der Waals surface area contributed by atoms with Crippen LogP contribution in [0.4, 0.5) is 5.69 Å². The lowest BCUT2D eigenvalue weighted by Crippen LogP contribution is -2.47. The van der Waals surface area contributed by atoms with Crippen LogP contribution in [-0.4, -0.2) is 48.6 Å². The quantitative estimate of drug-likeness (QED) is 0.749. The van der Waals surface area contributed by atoms with Gasteiger partial charge in [0.15, 0.2) is 17.3 Å². The van der Waals surface area contributed by atoms with Crippen LogP contribution in [0, 0.1) is 5.92 Å². The number of hydrazone groups is 1. The summed E-state index contributed by atoms with van der Waals surface area (Å²) in [5.41, 5.74) is 0.928. The molecular formula is C19H24N2O5. The maximum Gasteiger partial charge on any atom is 0.354 e. The van der Waals surface area contributed by atoms with E-state index in [1.165, 1.54) is 6.92 Å². The van der Waals surface area contributed by atoms with Crippen LogP contribution in [0.2, 0.25) is 0 Å². The molecule has 2 aliphatic heterocycles. The predicted octanol–water partition coefficient (Wildman–Crippen LogP) is 2.15. The Morgan fingerprint density at radius 3 is 2.54 bits per heavy atom.